The van der Waals surface area contributed by atoms with E-state index in [0.29, 0.717) is 24.0 Å². The average Bonchev–Trinajstić information content (AvgIpc) is 3.15. The number of thiazole rings is 1. The van der Waals surface area contributed by atoms with Gasteiger partial charge in [-0.25, -0.2) is 4.98 Å². The van der Waals surface area contributed by atoms with Crippen molar-refractivity contribution in [3.8, 4) is 5.75 Å². The number of hydrazone groups is 1. The van der Waals surface area contributed by atoms with Gasteiger partial charge in [0.05, 0.1) is 24.9 Å². The standard InChI is InChI=1S/C22H22BrN3O3S/c1-3-28-21(27)11-19-14-30-22(25-19)26-24-12-17-10-18(23)8-9-20(17)29-13-16-7-5-4-6-15(16)2/h4-10,12,14H,3,11,13H2,1-2H3,(H,25,26). The van der Waals surface area contributed by atoms with E-state index >= 15 is 0 Å². The van der Waals surface area contributed by atoms with Gasteiger partial charge in [0.1, 0.15) is 12.4 Å². The topological polar surface area (TPSA) is 72.8 Å². The Bertz CT molecular complexity index is 1040. The van der Waals surface area contributed by atoms with Gasteiger partial charge >= 0.3 is 5.97 Å². The molecule has 1 aromatic heterocycles. The van der Waals surface area contributed by atoms with Crippen LogP contribution in [-0.4, -0.2) is 23.8 Å². The molecule has 156 valence electrons. The molecule has 0 aliphatic carbocycles. The SMILES string of the molecule is CCOC(=O)Cc1csc(NN=Cc2cc(Br)ccc2OCc2ccccc2C)n1. The zero-order valence-electron chi connectivity index (χ0n) is 16.7. The van der Waals surface area contributed by atoms with Crippen molar-refractivity contribution in [2.45, 2.75) is 26.9 Å². The molecule has 0 amide bonds. The minimum absolute atomic E-state index is 0.151. The van der Waals surface area contributed by atoms with Crippen molar-refractivity contribution < 1.29 is 14.3 Å². The molecule has 3 rings (SSSR count). The second kappa shape index (κ2) is 10.9. The molecule has 0 unspecified atom stereocenters. The van der Waals surface area contributed by atoms with Crippen molar-refractivity contribution in [3.63, 3.8) is 0 Å². The van der Waals surface area contributed by atoms with E-state index in [1.165, 1.54) is 16.9 Å². The van der Waals surface area contributed by atoms with E-state index in [1.54, 1.807) is 13.1 Å². The zero-order chi connectivity index (χ0) is 21.3. The van der Waals surface area contributed by atoms with Gasteiger partial charge in [0.25, 0.3) is 0 Å². The maximum atomic E-state index is 11.5. The Labute approximate surface area is 188 Å². The van der Waals surface area contributed by atoms with Crippen LogP contribution in [-0.2, 0) is 22.6 Å². The summed E-state index contributed by atoms with van der Waals surface area (Å²) in [5.74, 6) is 0.441. The third-order valence-electron chi connectivity index (χ3n) is 4.16. The van der Waals surface area contributed by atoms with Crippen LogP contribution in [0.2, 0.25) is 0 Å². The monoisotopic (exact) mass is 487 g/mol. The Morgan fingerprint density at radius 1 is 1.30 bits per heavy atom. The average molecular weight is 488 g/mol. The molecule has 8 heteroatoms. The first-order valence-electron chi connectivity index (χ1n) is 9.41. The summed E-state index contributed by atoms with van der Waals surface area (Å²) in [6.45, 7) is 4.68. The van der Waals surface area contributed by atoms with Crippen LogP contribution < -0.4 is 10.2 Å². The van der Waals surface area contributed by atoms with Gasteiger partial charge in [-0.3, -0.25) is 10.2 Å². The third-order valence-corrected chi connectivity index (χ3v) is 5.45. The fourth-order valence-corrected chi connectivity index (χ4v) is 3.67. The lowest BCUT2D eigenvalue weighted by Crippen LogP contribution is -2.07. The van der Waals surface area contributed by atoms with E-state index in [1.807, 2.05) is 35.7 Å². The molecule has 1 heterocycles. The summed E-state index contributed by atoms with van der Waals surface area (Å²) in [5, 5.41) is 6.68. The van der Waals surface area contributed by atoms with Crippen LogP contribution in [0.3, 0.4) is 0 Å². The highest BCUT2D eigenvalue weighted by Crippen LogP contribution is 2.24. The van der Waals surface area contributed by atoms with E-state index in [-0.39, 0.29) is 12.4 Å². The van der Waals surface area contributed by atoms with Crippen LogP contribution in [0.5, 0.6) is 5.75 Å². The van der Waals surface area contributed by atoms with Gasteiger partial charge in [-0.1, -0.05) is 40.2 Å². The summed E-state index contributed by atoms with van der Waals surface area (Å²) < 4.78 is 11.9. The van der Waals surface area contributed by atoms with Crippen LogP contribution in [0.25, 0.3) is 0 Å². The Morgan fingerprint density at radius 3 is 2.93 bits per heavy atom. The van der Waals surface area contributed by atoms with Gasteiger partial charge in [-0.15, -0.1) is 11.3 Å². The Balaban J connectivity index is 1.64. The molecule has 0 aliphatic heterocycles. The summed E-state index contributed by atoms with van der Waals surface area (Å²) >= 11 is 4.86. The number of esters is 1. The molecule has 0 fully saturated rings. The van der Waals surface area contributed by atoms with Gasteiger partial charge in [0.15, 0.2) is 0 Å². The van der Waals surface area contributed by atoms with E-state index < -0.39 is 0 Å². The van der Waals surface area contributed by atoms with E-state index in [0.717, 1.165) is 21.3 Å². The lowest BCUT2D eigenvalue weighted by atomic mass is 10.1. The Kier molecular flexibility index (Phi) is 7.98. The number of aromatic nitrogens is 1. The van der Waals surface area contributed by atoms with Crippen molar-refractivity contribution in [3.05, 3.63) is 74.7 Å². The molecule has 0 saturated carbocycles. The van der Waals surface area contributed by atoms with Gasteiger partial charge in [-0.05, 0) is 43.2 Å². The number of hydrogen-bond acceptors (Lipinski definition) is 7. The van der Waals surface area contributed by atoms with Gasteiger partial charge in [0.2, 0.25) is 5.13 Å². The molecule has 0 saturated heterocycles. The number of carbonyl (C=O) groups excluding carboxylic acids is 1. The minimum atomic E-state index is -0.289. The summed E-state index contributed by atoms with van der Waals surface area (Å²) in [6, 6.07) is 13.9. The molecule has 1 N–H and O–H groups in total. The lowest BCUT2D eigenvalue weighted by molar-refractivity contribution is -0.142. The molecule has 0 radical (unpaired) electrons. The van der Waals surface area contributed by atoms with Crippen LogP contribution >= 0.6 is 27.3 Å². The minimum Gasteiger partial charge on any atom is -0.488 e. The second-order valence-electron chi connectivity index (χ2n) is 6.39. The molecule has 0 spiro atoms. The number of nitrogens with zero attached hydrogens (tertiary/aromatic N) is 2. The smallest absolute Gasteiger partial charge is 0.311 e. The number of nitrogens with one attached hydrogen (secondary N) is 1. The number of ether oxygens (including phenoxy) is 2. The molecule has 0 aliphatic rings. The van der Waals surface area contributed by atoms with Gasteiger partial charge in [-0.2, -0.15) is 5.10 Å². The molecule has 0 atom stereocenters. The second-order valence-corrected chi connectivity index (χ2v) is 8.17. The summed E-state index contributed by atoms with van der Waals surface area (Å²) in [4.78, 5) is 15.9. The molecule has 0 bridgehead atoms. The maximum Gasteiger partial charge on any atom is 0.311 e. The molecule has 6 nitrogen and oxygen atoms in total. The fraction of sp³-hybridized carbons (Fsp3) is 0.227. The first-order valence-corrected chi connectivity index (χ1v) is 11.1. The van der Waals surface area contributed by atoms with Crippen LogP contribution in [0.15, 0.2) is 57.4 Å². The first-order chi connectivity index (χ1) is 14.5. The number of anilines is 1. The Hall–Kier alpha value is -2.71. The summed E-state index contributed by atoms with van der Waals surface area (Å²) in [7, 11) is 0. The van der Waals surface area contributed by atoms with E-state index in [2.05, 4.69) is 50.5 Å². The highest BCUT2D eigenvalue weighted by molar-refractivity contribution is 9.10. The molecular weight excluding hydrogens is 466 g/mol. The molecular formula is C22H22BrN3O3S. The number of hydrogen-bond donors (Lipinski definition) is 1. The molecule has 3 aromatic rings. The number of carbonyl (C=O) groups is 1. The van der Waals surface area contributed by atoms with Crippen molar-refractivity contribution >= 4 is 44.6 Å². The number of benzene rings is 2. The molecule has 2 aromatic carbocycles. The third kappa shape index (κ3) is 6.40. The molecule has 30 heavy (non-hydrogen) atoms. The zero-order valence-corrected chi connectivity index (χ0v) is 19.1. The Morgan fingerprint density at radius 2 is 2.13 bits per heavy atom. The number of rotatable bonds is 9. The van der Waals surface area contributed by atoms with E-state index in [4.69, 9.17) is 9.47 Å². The van der Waals surface area contributed by atoms with Crippen LogP contribution in [0, 0.1) is 6.92 Å². The summed E-state index contributed by atoms with van der Waals surface area (Å²) in [5.41, 5.74) is 6.71. The predicted octanol–water partition coefficient (Wildman–Crippen LogP) is 5.34. The van der Waals surface area contributed by atoms with E-state index in [9.17, 15) is 4.79 Å². The lowest BCUT2D eigenvalue weighted by Gasteiger charge is -2.11. The fourth-order valence-electron chi connectivity index (χ4n) is 2.64. The quantitative estimate of drug-likeness (QED) is 0.250. The van der Waals surface area contributed by atoms with Crippen LogP contribution in [0.1, 0.15) is 29.3 Å². The number of aryl methyl sites for hydroxylation is 1. The van der Waals surface area contributed by atoms with Gasteiger partial charge < -0.3 is 9.47 Å². The van der Waals surface area contributed by atoms with Crippen LogP contribution in [0.4, 0.5) is 5.13 Å². The van der Waals surface area contributed by atoms with Gasteiger partial charge in [0, 0.05) is 15.4 Å². The number of halogens is 1. The highest BCUT2D eigenvalue weighted by atomic mass is 79.9. The predicted molar refractivity (Wildman–Crippen MR) is 123 cm³/mol. The van der Waals surface area contributed by atoms with Crippen molar-refractivity contribution in [1.82, 2.24) is 4.98 Å². The normalized spacial score (nSPS) is 10.9. The van der Waals surface area contributed by atoms with Crippen molar-refractivity contribution in [2.24, 2.45) is 5.10 Å². The highest BCUT2D eigenvalue weighted by Gasteiger charge is 2.08. The first kappa shape index (κ1) is 22.0. The van der Waals surface area contributed by atoms with Crippen molar-refractivity contribution in [2.75, 3.05) is 12.0 Å². The summed E-state index contributed by atoms with van der Waals surface area (Å²) in [6.07, 6.45) is 1.84. The largest absolute Gasteiger partial charge is 0.488 e. The maximum absolute atomic E-state index is 11.5. The van der Waals surface area contributed by atoms with Crippen molar-refractivity contribution in [1.29, 1.82) is 0 Å².